The lowest BCUT2D eigenvalue weighted by atomic mass is 10.2. The summed E-state index contributed by atoms with van der Waals surface area (Å²) in [6, 6.07) is 4.81. The lowest BCUT2D eigenvalue weighted by Gasteiger charge is -2.08. The van der Waals surface area contributed by atoms with Gasteiger partial charge in [-0.05, 0) is 18.2 Å². The highest BCUT2D eigenvalue weighted by Gasteiger charge is 2.15. The summed E-state index contributed by atoms with van der Waals surface area (Å²) in [6.07, 6.45) is 3.40. The zero-order valence-electron chi connectivity index (χ0n) is 13.0. The fourth-order valence-electron chi connectivity index (χ4n) is 2.09. The van der Waals surface area contributed by atoms with Crippen LogP contribution in [-0.4, -0.2) is 32.9 Å². The number of benzene rings is 1. The Morgan fingerprint density at radius 1 is 1.46 bits per heavy atom. The smallest absolute Gasteiger partial charge is 0.255 e. The van der Waals surface area contributed by atoms with Crippen LogP contribution in [-0.2, 0) is 13.6 Å². The number of amides is 1. The van der Waals surface area contributed by atoms with Gasteiger partial charge >= 0.3 is 0 Å². The minimum Gasteiger partial charge on any atom is -0.496 e. The molecule has 2 aromatic heterocycles. The van der Waals surface area contributed by atoms with Gasteiger partial charge in [0, 0.05) is 18.3 Å². The van der Waals surface area contributed by atoms with Crippen molar-refractivity contribution in [3.63, 3.8) is 0 Å². The maximum atomic E-state index is 12.3. The third-order valence-electron chi connectivity index (χ3n) is 3.24. The molecule has 0 fully saturated rings. The molecule has 3 aromatic rings. The first-order valence-electron chi connectivity index (χ1n) is 7.00. The van der Waals surface area contributed by atoms with E-state index in [4.69, 9.17) is 20.9 Å². The van der Waals surface area contributed by atoms with Crippen LogP contribution in [0.3, 0.4) is 0 Å². The van der Waals surface area contributed by atoms with Gasteiger partial charge in [-0.3, -0.25) is 9.48 Å². The number of hydrogen-bond donors (Lipinski definition) is 1. The highest BCUT2D eigenvalue weighted by atomic mass is 35.5. The van der Waals surface area contributed by atoms with Crippen molar-refractivity contribution in [1.82, 2.24) is 25.2 Å². The van der Waals surface area contributed by atoms with Crippen LogP contribution < -0.4 is 10.1 Å². The summed E-state index contributed by atoms with van der Waals surface area (Å²) in [4.78, 5) is 16.5. The summed E-state index contributed by atoms with van der Waals surface area (Å²) in [6.45, 7) is 0.0851. The number of hydrogen-bond acceptors (Lipinski definition) is 6. The van der Waals surface area contributed by atoms with Crippen LogP contribution in [0.5, 0.6) is 5.75 Å². The molecule has 8 nitrogen and oxygen atoms in total. The molecule has 2 heterocycles. The number of rotatable bonds is 5. The predicted octanol–water partition coefficient (Wildman–Crippen LogP) is 2.06. The Morgan fingerprint density at radius 2 is 2.29 bits per heavy atom. The van der Waals surface area contributed by atoms with Crippen LogP contribution in [0.1, 0.15) is 16.2 Å². The third kappa shape index (κ3) is 3.38. The van der Waals surface area contributed by atoms with E-state index < -0.39 is 0 Å². The summed E-state index contributed by atoms with van der Waals surface area (Å²) in [5, 5.41) is 11.0. The molecule has 0 aliphatic rings. The molecule has 1 amide bonds. The Balaban J connectivity index is 1.69. The zero-order valence-corrected chi connectivity index (χ0v) is 13.7. The van der Waals surface area contributed by atoms with E-state index in [2.05, 4.69) is 20.6 Å². The van der Waals surface area contributed by atoms with Crippen LogP contribution in [0, 0.1) is 0 Å². The van der Waals surface area contributed by atoms with Gasteiger partial charge < -0.3 is 14.6 Å². The molecule has 0 saturated carbocycles. The van der Waals surface area contributed by atoms with Crippen LogP contribution in [0.25, 0.3) is 11.4 Å². The van der Waals surface area contributed by atoms with E-state index in [9.17, 15) is 4.79 Å². The highest BCUT2D eigenvalue weighted by Crippen LogP contribution is 2.22. The van der Waals surface area contributed by atoms with Crippen molar-refractivity contribution in [2.45, 2.75) is 6.54 Å². The summed E-state index contributed by atoms with van der Waals surface area (Å²) in [5.74, 6) is 0.768. The van der Waals surface area contributed by atoms with Crippen molar-refractivity contribution < 1.29 is 14.1 Å². The SMILES string of the molecule is COc1ccc(Cl)cc1C(=O)NCc1nc(-c2cnn(C)c2)no1. The molecular formula is C15H14ClN5O3. The standard InChI is InChI=1S/C15H14ClN5O3/c1-21-8-9(6-18-21)14-19-13(24-20-14)7-17-15(22)11-5-10(16)3-4-12(11)23-2/h3-6,8H,7H2,1-2H3,(H,17,22). The molecule has 0 spiro atoms. The van der Waals surface area contributed by atoms with Gasteiger partial charge in [-0.2, -0.15) is 10.1 Å². The molecule has 0 saturated heterocycles. The molecule has 24 heavy (non-hydrogen) atoms. The number of aromatic nitrogens is 4. The van der Waals surface area contributed by atoms with Crippen molar-refractivity contribution >= 4 is 17.5 Å². The summed E-state index contributed by atoms with van der Waals surface area (Å²) >= 11 is 5.92. The molecule has 0 aliphatic heterocycles. The number of nitrogens with zero attached hydrogens (tertiary/aromatic N) is 4. The number of nitrogens with one attached hydrogen (secondary N) is 1. The monoisotopic (exact) mass is 347 g/mol. The molecule has 1 N–H and O–H groups in total. The first-order valence-corrected chi connectivity index (χ1v) is 7.38. The fourth-order valence-corrected chi connectivity index (χ4v) is 2.26. The molecule has 0 radical (unpaired) electrons. The number of methoxy groups -OCH3 is 1. The first-order chi connectivity index (χ1) is 11.6. The van der Waals surface area contributed by atoms with Gasteiger partial charge in [0.2, 0.25) is 11.7 Å². The van der Waals surface area contributed by atoms with Crippen LogP contribution in [0.2, 0.25) is 5.02 Å². The second-order valence-corrected chi connectivity index (χ2v) is 5.38. The van der Waals surface area contributed by atoms with Gasteiger partial charge in [0.05, 0.1) is 31.0 Å². The Bertz CT molecular complexity index is 874. The molecule has 0 unspecified atom stereocenters. The molecule has 3 rings (SSSR count). The number of carbonyl (C=O) groups is 1. The minimum atomic E-state index is -0.351. The van der Waals surface area contributed by atoms with Gasteiger partial charge in [0.15, 0.2) is 0 Å². The van der Waals surface area contributed by atoms with E-state index in [1.807, 2.05) is 0 Å². The fraction of sp³-hybridized carbons (Fsp3) is 0.200. The molecule has 124 valence electrons. The van der Waals surface area contributed by atoms with Crippen molar-refractivity contribution in [3.8, 4) is 17.1 Å². The minimum absolute atomic E-state index is 0.0851. The Labute approximate surface area is 142 Å². The average molecular weight is 348 g/mol. The highest BCUT2D eigenvalue weighted by molar-refractivity contribution is 6.31. The normalized spacial score (nSPS) is 10.6. The Morgan fingerprint density at radius 3 is 3.00 bits per heavy atom. The maximum absolute atomic E-state index is 12.3. The van der Waals surface area contributed by atoms with Crippen molar-refractivity contribution in [2.75, 3.05) is 7.11 Å². The van der Waals surface area contributed by atoms with E-state index >= 15 is 0 Å². The molecule has 1 aromatic carbocycles. The van der Waals surface area contributed by atoms with Crippen molar-refractivity contribution in [3.05, 3.63) is 47.1 Å². The average Bonchev–Trinajstić information content (AvgIpc) is 3.21. The lowest BCUT2D eigenvalue weighted by Crippen LogP contribution is -2.23. The largest absolute Gasteiger partial charge is 0.496 e. The molecule has 0 bridgehead atoms. The van der Waals surface area contributed by atoms with E-state index in [1.165, 1.54) is 13.2 Å². The number of ether oxygens (including phenoxy) is 1. The van der Waals surface area contributed by atoms with Crippen molar-refractivity contribution in [1.29, 1.82) is 0 Å². The van der Waals surface area contributed by atoms with Crippen LogP contribution in [0.4, 0.5) is 0 Å². The second kappa shape index (κ2) is 6.71. The summed E-state index contributed by atoms with van der Waals surface area (Å²) in [5.41, 5.74) is 1.06. The van der Waals surface area contributed by atoms with Crippen LogP contribution in [0.15, 0.2) is 35.1 Å². The van der Waals surface area contributed by atoms with Gasteiger partial charge in [0.25, 0.3) is 5.91 Å². The van der Waals surface area contributed by atoms with Gasteiger partial charge in [-0.1, -0.05) is 16.8 Å². The van der Waals surface area contributed by atoms with E-state index in [0.29, 0.717) is 22.2 Å². The summed E-state index contributed by atoms with van der Waals surface area (Å²) in [7, 11) is 3.28. The number of carbonyl (C=O) groups excluding carboxylic acids is 1. The molecular weight excluding hydrogens is 334 g/mol. The van der Waals surface area contributed by atoms with Crippen molar-refractivity contribution in [2.24, 2.45) is 7.05 Å². The predicted molar refractivity (Wildman–Crippen MR) is 85.7 cm³/mol. The second-order valence-electron chi connectivity index (χ2n) is 4.94. The quantitative estimate of drug-likeness (QED) is 0.759. The lowest BCUT2D eigenvalue weighted by molar-refractivity contribution is 0.0943. The maximum Gasteiger partial charge on any atom is 0.255 e. The van der Waals surface area contributed by atoms with Gasteiger partial charge in [0.1, 0.15) is 5.75 Å². The van der Waals surface area contributed by atoms with E-state index in [-0.39, 0.29) is 18.3 Å². The third-order valence-corrected chi connectivity index (χ3v) is 3.47. The zero-order chi connectivity index (χ0) is 17.1. The van der Waals surface area contributed by atoms with E-state index in [1.54, 1.807) is 36.3 Å². The number of aryl methyl sites for hydroxylation is 1. The van der Waals surface area contributed by atoms with E-state index in [0.717, 1.165) is 5.56 Å². The van der Waals surface area contributed by atoms with Gasteiger partial charge in [-0.15, -0.1) is 0 Å². The topological polar surface area (TPSA) is 95.1 Å². The Kier molecular flexibility index (Phi) is 4.48. The van der Waals surface area contributed by atoms with Crippen LogP contribution >= 0.6 is 11.6 Å². The molecule has 0 atom stereocenters. The summed E-state index contributed by atoms with van der Waals surface area (Å²) < 4.78 is 11.9. The molecule has 0 aliphatic carbocycles. The number of halogens is 1. The Hall–Kier alpha value is -2.87. The first kappa shape index (κ1) is 16.0. The molecule has 9 heteroatoms. The van der Waals surface area contributed by atoms with Gasteiger partial charge in [-0.25, -0.2) is 0 Å².